The van der Waals surface area contributed by atoms with Crippen molar-refractivity contribution in [3.05, 3.63) is 29.3 Å². The maximum absolute atomic E-state index is 13.2. The molecule has 3 aliphatic rings. The van der Waals surface area contributed by atoms with Crippen LogP contribution in [0.5, 0.6) is 0 Å². The number of likely N-dealkylation sites (N-methyl/N-ethyl adjacent to an activating group) is 1. The number of fused-ring (bicyclic) bond motifs is 3. The van der Waals surface area contributed by atoms with Crippen LogP contribution in [0.4, 0.5) is 10.5 Å². The highest BCUT2D eigenvalue weighted by molar-refractivity contribution is 6.30. The van der Waals surface area contributed by atoms with Gasteiger partial charge in [-0.05, 0) is 37.6 Å². The molecule has 1 aromatic carbocycles. The maximum Gasteiger partial charge on any atom is 0.328 e. The molecule has 3 aliphatic heterocycles. The van der Waals surface area contributed by atoms with Crippen LogP contribution in [-0.2, 0) is 14.3 Å². The van der Waals surface area contributed by atoms with E-state index in [1.807, 2.05) is 24.3 Å². The highest BCUT2D eigenvalue weighted by Gasteiger charge is 2.56. The van der Waals surface area contributed by atoms with Crippen molar-refractivity contribution in [3.63, 3.8) is 0 Å². The fourth-order valence-corrected chi connectivity index (χ4v) is 4.42. The number of urea groups is 1. The van der Waals surface area contributed by atoms with E-state index in [0.29, 0.717) is 11.6 Å². The second-order valence-electron chi connectivity index (χ2n) is 7.31. The summed E-state index contributed by atoms with van der Waals surface area (Å²) in [6.45, 7) is 3.03. The molecule has 29 heavy (non-hydrogen) atoms. The van der Waals surface area contributed by atoms with Gasteiger partial charge in [-0.3, -0.25) is 24.7 Å². The van der Waals surface area contributed by atoms with Crippen molar-refractivity contribution in [2.75, 3.05) is 38.2 Å². The topological polar surface area (TPSA) is 85.4 Å². The van der Waals surface area contributed by atoms with Gasteiger partial charge in [-0.25, -0.2) is 4.79 Å². The number of nitrogens with zero attached hydrogens (tertiary/aromatic N) is 4. The van der Waals surface area contributed by atoms with Gasteiger partial charge in [0.2, 0.25) is 0 Å². The van der Waals surface area contributed by atoms with Crippen molar-refractivity contribution in [3.8, 4) is 0 Å². The first-order chi connectivity index (χ1) is 13.9. The predicted molar refractivity (Wildman–Crippen MR) is 106 cm³/mol. The summed E-state index contributed by atoms with van der Waals surface area (Å²) < 4.78 is 4.93. The molecular formula is C19H24ClN5O4. The van der Waals surface area contributed by atoms with Gasteiger partial charge in [-0.1, -0.05) is 11.6 Å². The first-order valence-electron chi connectivity index (χ1n) is 9.70. The van der Waals surface area contributed by atoms with E-state index in [-0.39, 0.29) is 25.3 Å². The first-order valence-corrected chi connectivity index (χ1v) is 10.1. The number of halogens is 1. The van der Waals surface area contributed by atoms with Gasteiger partial charge in [-0.15, -0.1) is 0 Å². The van der Waals surface area contributed by atoms with Gasteiger partial charge < -0.3 is 14.5 Å². The molecule has 1 N–H and O–H groups in total. The molecule has 0 aromatic heterocycles. The number of anilines is 1. The number of carbonyl (C=O) groups excluding carboxylic acids is 3. The molecule has 3 heterocycles. The second kappa shape index (κ2) is 7.81. The van der Waals surface area contributed by atoms with Gasteiger partial charge in [-0.2, -0.15) is 0 Å². The summed E-state index contributed by atoms with van der Waals surface area (Å²) in [7, 11) is 1.64. The quantitative estimate of drug-likeness (QED) is 0.722. The molecule has 3 unspecified atom stereocenters. The molecule has 10 heteroatoms. The van der Waals surface area contributed by atoms with Crippen LogP contribution in [0, 0.1) is 0 Å². The van der Waals surface area contributed by atoms with Crippen LogP contribution >= 0.6 is 11.6 Å². The molecule has 0 radical (unpaired) electrons. The standard InChI is InChI=1S/C19H24ClN5O4/c1-3-29-14(26)11-25-17(27)15-16(22(2)19(25)28)21-18-23(9-4-10-24(15)18)13-7-5-12(20)6-8-13/h5-8,15-16,18,21H,3-4,9-11H2,1-2H3. The Hall–Kier alpha value is -2.36. The fraction of sp³-hybridized carbons (Fsp3) is 0.526. The minimum atomic E-state index is -0.593. The molecular weight excluding hydrogens is 398 g/mol. The molecule has 3 amide bonds. The van der Waals surface area contributed by atoms with E-state index < -0.39 is 24.2 Å². The smallest absolute Gasteiger partial charge is 0.328 e. The summed E-state index contributed by atoms with van der Waals surface area (Å²) in [5.74, 6) is -0.968. The lowest BCUT2D eigenvalue weighted by Crippen LogP contribution is -2.67. The predicted octanol–water partition coefficient (Wildman–Crippen LogP) is 0.891. The fourth-order valence-electron chi connectivity index (χ4n) is 4.30. The Labute approximate surface area is 174 Å². The van der Waals surface area contributed by atoms with E-state index in [0.717, 1.165) is 23.6 Å². The minimum Gasteiger partial charge on any atom is -0.465 e. The van der Waals surface area contributed by atoms with E-state index in [1.165, 1.54) is 4.90 Å². The van der Waals surface area contributed by atoms with Crippen molar-refractivity contribution in [1.29, 1.82) is 0 Å². The largest absolute Gasteiger partial charge is 0.465 e. The van der Waals surface area contributed by atoms with Crippen molar-refractivity contribution >= 4 is 35.2 Å². The third-order valence-electron chi connectivity index (χ3n) is 5.62. The highest BCUT2D eigenvalue weighted by atomic mass is 35.5. The van der Waals surface area contributed by atoms with Crippen LogP contribution in [0.1, 0.15) is 13.3 Å². The summed E-state index contributed by atoms with van der Waals surface area (Å²) in [5, 5.41) is 4.09. The van der Waals surface area contributed by atoms with Crippen LogP contribution in [0.25, 0.3) is 0 Å². The Morgan fingerprint density at radius 1 is 1.24 bits per heavy atom. The Morgan fingerprint density at radius 3 is 2.66 bits per heavy atom. The zero-order valence-corrected chi connectivity index (χ0v) is 17.1. The van der Waals surface area contributed by atoms with E-state index in [2.05, 4.69) is 15.1 Å². The first kappa shape index (κ1) is 19.9. The summed E-state index contributed by atoms with van der Waals surface area (Å²) in [6.07, 6.45) is 0.167. The van der Waals surface area contributed by atoms with Crippen LogP contribution in [-0.4, -0.2) is 84.4 Å². The number of amides is 3. The highest BCUT2D eigenvalue weighted by Crippen LogP contribution is 2.33. The van der Waals surface area contributed by atoms with E-state index in [4.69, 9.17) is 16.3 Å². The molecule has 4 rings (SSSR count). The number of benzene rings is 1. The van der Waals surface area contributed by atoms with Gasteiger partial charge in [0.1, 0.15) is 25.0 Å². The average Bonchev–Trinajstić information content (AvgIpc) is 3.10. The van der Waals surface area contributed by atoms with Crippen molar-refractivity contribution < 1.29 is 19.1 Å². The van der Waals surface area contributed by atoms with Gasteiger partial charge in [0.15, 0.2) is 0 Å². The zero-order chi connectivity index (χ0) is 20.7. The van der Waals surface area contributed by atoms with Gasteiger partial charge in [0.25, 0.3) is 5.91 Å². The molecule has 0 spiro atoms. The lowest BCUT2D eigenvalue weighted by molar-refractivity contribution is -0.151. The van der Waals surface area contributed by atoms with E-state index in [1.54, 1.807) is 14.0 Å². The lowest BCUT2D eigenvalue weighted by atomic mass is 10.1. The molecule has 1 aromatic rings. The number of carbonyl (C=O) groups is 3. The second-order valence-corrected chi connectivity index (χ2v) is 7.75. The number of hydrogen-bond acceptors (Lipinski definition) is 7. The SMILES string of the molecule is CCOC(=O)CN1C(=O)C2C(NC3N(c4ccc(Cl)cc4)CCCN23)N(C)C1=O. The Balaban J connectivity index is 1.60. The third kappa shape index (κ3) is 3.43. The number of rotatable bonds is 4. The Bertz CT molecular complexity index is 819. The normalized spacial score (nSPS) is 27.1. The molecule has 0 aliphatic carbocycles. The van der Waals surface area contributed by atoms with E-state index in [9.17, 15) is 14.4 Å². The van der Waals surface area contributed by atoms with Gasteiger partial charge in [0, 0.05) is 30.8 Å². The number of imide groups is 1. The average molecular weight is 422 g/mol. The summed E-state index contributed by atoms with van der Waals surface area (Å²) >= 11 is 6.02. The van der Waals surface area contributed by atoms with Crippen molar-refractivity contribution in [2.45, 2.75) is 31.8 Å². The molecule has 3 atom stereocenters. The molecule has 9 nitrogen and oxygen atoms in total. The molecule has 0 bridgehead atoms. The lowest BCUT2D eigenvalue weighted by Gasteiger charge is -2.43. The van der Waals surface area contributed by atoms with Gasteiger partial charge in [0.05, 0.1) is 6.61 Å². The van der Waals surface area contributed by atoms with Crippen LogP contribution in [0.3, 0.4) is 0 Å². The molecule has 3 fully saturated rings. The molecule has 0 saturated carbocycles. The number of esters is 1. The van der Waals surface area contributed by atoms with E-state index >= 15 is 0 Å². The van der Waals surface area contributed by atoms with Crippen LogP contribution in [0.15, 0.2) is 24.3 Å². The number of hydrogen-bond donors (Lipinski definition) is 1. The third-order valence-corrected chi connectivity index (χ3v) is 5.87. The van der Waals surface area contributed by atoms with Crippen LogP contribution in [0.2, 0.25) is 5.02 Å². The van der Waals surface area contributed by atoms with Crippen molar-refractivity contribution in [2.24, 2.45) is 0 Å². The van der Waals surface area contributed by atoms with Crippen molar-refractivity contribution in [1.82, 2.24) is 20.0 Å². The van der Waals surface area contributed by atoms with Gasteiger partial charge >= 0.3 is 12.0 Å². The minimum absolute atomic E-state index is 0.197. The summed E-state index contributed by atoms with van der Waals surface area (Å²) in [4.78, 5) is 44.6. The number of nitrogens with one attached hydrogen (secondary N) is 1. The monoisotopic (exact) mass is 421 g/mol. The Morgan fingerprint density at radius 2 is 1.97 bits per heavy atom. The number of ether oxygens (including phenoxy) is 1. The maximum atomic E-state index is 13.2. The molecule has 156 valence electrons. The van der Waals surface area contributed by atoms with Crippen LogP contribution < -0.4 is 10.2 Å². The Kier molecular flexibility index (Phi) is 5.37. The molecule has 3 saturated heterocycles. The summed E-state index contributed by atoms with van der Waals surface area (Å²) in [6, 6.07) is 6.49. The summed E-state index contributed by atoms with van der Waals surface area (Å²) in [5.41, 5.74) is 0.986. The zero-order valence-electron chi connectivity index (χ0n) is 16.4.